The van der Waals surface area contributed by atoms with Crippen molar-refractivity contribution >= 4 is 6.08 Å². The molecule has 3 rings (SSSR count). The van der Waals surface area contributed by atoms with Gasteiger partial charge in [-0.25, -0.2) is 0 Å². The molecule has 0 bridgehead atoms. The quantitative estimate of drug-likeness (QED) is 0.817. The van der Waals surface area contributed by atoms with Crippen LogP contribution in [0.2, 0.25) is 0 Å². The number of hydrogen-bond donors (Lipinski definition) is 0. The Bertz CT molecular complexity index is 668. The van der Waals surface area contributed by atoms with Gasteiger partial charge in [-0.2, -0.15) is 0 Å². The molecule has 0 atom stereocenters. The normalized spacial score (nSPS) is 16.8. The van der Waals surface area contributed by atoms with Crippen molar-refractivity contribution in [2.75, 3.05) is 32.7 Å². The van der Waals surface area contributed by atoms with Crippen molar-refractivity contribution in [2.45, 2.75) is 20.4 Å². The minimum atomic E-state index is 1.05. The summed E-state index contributed by atoms with van der Waals surface area (Å²) < 4.78 is 0. The van der Waals surface area contributed by atoms with Gasteiger partial charge in [0.1, 0.15) is 0 Å². The minimum Gasteiger partial charge on any atom is -0.297 e. The standard InChI is InChI=1S/C22H28N2/c1-19-10-11-20(2)22(17-19)18-24-15-13-23(14-16-24)12-6-9-21-7-4-3-5-8-21/h3-11,17H,12-16,18H2,1-2H3. The van der Waals surface area contributed by atoms with Crippen molar-refractivity contribution in [3.05, 3.63) is 76.9 Å². The van der Waals surface area contributed by atoms with Crippen LogP contribution in [0.3, 0.4) is 0 Å². The van der Waals surface area contributed by atoms with Gasteiger partial charge in [0.15, 0.2) is 0 Å². The molecule has 1 saturated heterocycles. The van der Waals surface area contributed by atoms with Crippen LogP contribution in [-0.4, -0.2) is 42.5 Å². The second kappa shape index (κ2) is 8.27. The maximum absolute atomic E-state index is 2.58. The molecule has 24 heavy (non-hydrogen) atoms. The first-order chi connectivity index (χ1) is 11.7. The second-order valence-corrected chi connectivity index (χ2v) is 6.82. The largest absolute Gasteiger partial charge is 0.297 e. The lowest BCUT2D eigenvalue weighted by atomic mass is 10.0. The Hall–Kier alpha value is -1.90. The van der Waals surface area contributed by atoms with Crippen molar-refractivity contribution in [3.63, 3.8) is 0 Å². The number of rotatable bonds is 5. The zero-order valence-corrected chi connectivity index (χ0v) is 14.9. The smallest absolute Gasteiger partial charge is 0.0237 e. The molecule has 1 heterocycles. The molecule has 0 aliphatic carbocycles. The van der Waals surface area contributed by atoms with E-state index in [0.717, 1.165) is 39.3 Å². The molecule has 0 N–H and O–H groups in total. The van der Waals surface area contributed by atoms with E-state index < -0.39 is 0 Å². The average Bonchev–Trinajstić information content (AvgIpc) is 2.61. The number of aryl methyl sites for hydroxylation is 2. The van der Waals surface area contributed by atoms with Gasteiger partial charge in [0, 0.05) is 39.3 Å². The van der Waals surface area contributed by atoms with Crippen molar-refractivity contribution in [2.24, 2.45) is 0 Å². The van der Waals surface area contributed by atoms with Gasteiger partial charge in [-0.15, -0.1) is 0 Å². The fourth-order valence-corrected chi connectivity index (χ4v) is 3.24. The first kappa shape index (κ1) is 16.9. The fraction of sp³-hybridized carbons (Fsp3) is 0.364. The highest BCUT2D eigenvalue weighted by Gasteiger charge is 2.16. The number of piperazine rings is 1. The maximum atomic E-state index is 2.58. The van der Waals surface area contributed by atoms with Crippen LogP contribution < -0.4 is 0 Å². The lowest BCUT2D eigenvalue weighted by Gasteiger charge is -2.34. The van der Waals surface area contributed by atoms with E-state index in [1.165, 1.54) is 22.3 Å². The van der Waals surface area contributed by atoms with E-state index in [1.807, 2.05) is 0 Å². The van der Waals surface area contributed by atoms with Crippen LogP contribution in [0, 0.1) is 13.8 Å². The molecular weight excluding hydrogens is 292 g/mol. The Morgan fingerprint density at radius 3 is 2.33 bits per heavy atom. The highest BCUT2D eigenvalue weighted by Crippen LogP contribution is 2.15. The third-order valence-corrected chi connectivity index (χ3v) is 4.84. The van der Waals surface area contributed by atoms with E-state index in [1.54, 1.807) is 0 Å². The van der Waals surface area contributed by atoms with Crippen LogP contribution >= 0.6 is 0 Å². The molecule has 0 amide bonds. The van der Waals surface area contributed by atoms with Crippen molar-refractivity contribution in [3.8, 4) is 0 Å². The Kier molecular flexibility index (Phi) is 5.84. The number of nitrogens with zero attached hydrogens (tertiary/aromatic N) is 2. The van der Waals surface area contributed by atoms with Gasteiger partial charge >= 0.3 is 0 Å². The molecule has 2 heteroatoms. The molecule has 2 aromatic rings. The van der Waals surface area contributed by atoms with Gasteiger partial charge in [0.2, 0.25) is 0 Å². The van der Waals surface area contributed by atoms with Gasteiger partial charge in [-0.1, -0.05) is 66.2 Å². The molecule has 126 valence electrons. The Labute approximate surface area is 146 Å². The van der Waals surface area contributed by atoms with E-state index in [4.69, 9.17) is 0 Å². The SMILES string of the molecule is Cc1ccc(C)c(CN2CCN(CC=Cc3ccccc3)CC2)c1. The Morgan fingerprint density at radius 1 is 0.875 bits per heavy atom. The summed E-state index contributed by atoms with van der Waals surface area (Å²) in [6.07, 6.45) is 4.51. The summed E-state index contributed by atoms with van der Waals surface area (Å²) >= 11 is 0. The molecule has 2 aromatic carbocycles. The van der Waals surface area contributed by atoms with Gasteiger partial charge in [-0.05, 0) is 30.5 Å². The molecule has 1 fully saturated rings. The summed E-state index contributed by atoms with van der Waals surface area (Å²) in [5.74, 6) is 0. The van der Waals surface area contributed by atoms with E-state index in [0.29, 0.717) is 0 Å². The van der Waals surface area contributed by atoms with Gasteiger partial charge in [-0.3, -0.25) is 9.80 Å². The first-order valence-electron chi connectivity index (χ1n) is 8.93. The molecule has 0 radical (unpaired) electrons. The van der Waals surface area contributed by atoms with Crippen LogP contribution in [0.4, 0.5) is 0 Å². The summed E-state index contributed by atoms with van der Waals surface area (Å²) in [5.41, 5.74) is 5.53. The molecule has 2 nitrogen and oxygen atoms in total. The first-order valence-corrected chi connectivity index (χ1v) is 8.93. The Morgan fingerprint density at radius 2 is 1.58 bits per heavy atom. The fourth-order valence-electron chi connectivity index (χ4n) is 3.24. The second-order valence-electron chi connectivity index (χ2n) is 6.82. The molecule has 0 saturated carbocycles. The van der Waals surface area contributed by atoms with Crippen LogP contribution in [0.25, 0.3) is 6.08 Å². The van der Waals surface area contributed by atoms with E-state index in [-0.39, 0.29) is 0 Å². The highest BCUT2D eigenvalue weighted by molar-refractivity contribution is 5.48. The summed E-state index contributed by atoms with van der Waals surface area (Å²) in [6.45, 7) is 11.2. The molecule has 0 spiro atoms. The van der Waals surface area contributed by atoms with Gasteiger partial charge in [0.05, 0.1) is 0 Å². The zero-order chi connectivity index (χ0) is 16.8. The van der Waals surface area contributed by atoms with Crippen molar-refractivity contribution < 1.29 is 0 Å². The van der Waals surface area contributed by atoms with Crippen LogP contribution in [0.1, 0.15) is 22.3 Å². The highest BCUT2D eigenvalue weighted by atomic mass is 15.3. The average molecular weight is 320 g/mol. The predicted molar refractivity (Wildman–Crippen MR) is 103 cm³/mol. The van der Waals surface area contributed by atoms with E-state index >= 15 is 0 Å². The zero-order valence-electron chi connectivity index (χ0n) is 14.9. The van der Waals surface area contributed by atoms with Gasteiger partial charge in [0.25, 0.3) is 0 Å². The molecule has 1 aliphatic rings. The summed E-state index contributed by atoms with van der Waals surface area (Å²) in [7, 11) is 0. The summed E-state index contributed by atoms with van der Waals surface area (Å²) in [6, 6.07) is 17.3. The van der Waals surface area contributed by atoms with E-state index in [9.17, 15) is 0 Å². The topological polar surface area (TPSA) is 6.48 Å². The van der Waals surface area contributed by atoms with Gasteiger partial charge < -0.3 is 0 Å². The maximum Gasteiger partial charge on any atom is 0.0237 e. The third kappa shape index (κ3) is 4.80. The predicted octanol–water partition coefficient (Wildman–Crippen LogP) is 4.13. The minimum absolute atomic E-state index is 1.05. The number of benzene rings is 2. The van der Waals surface area contributed by atoms with Crippen LogP contribution in [0.15, 0.2) is 54.6 Å². The monoisotopic (exact) mass is 320 g/mol. The lowest BCUT2D eigenvalue weighted by molar-refractivity contribution is 0.137. The molecular formula is C22H28N2. The molecule has 1 aliphatic heterocycles. The number of hydrogen-bond acceptors (Lipinski definition) is 2. The van der Waals surface area contributed by atoms with Crippen molar-refractivity contribution in [1.29, 1.82) is 0 Å². The lowest BCUT2D eigenvalue weighted by Crippen LogP contribution is -2.45. The van der Waals surface area contributed by atoms with Crippen LogP contribution in [-0.2, 0) is 6.54 Å². The summed E-state index contributed by atoms with van der Waals surface area (Å²) in [5, 5.41) is 0. The third-order valence-electron chi connectivity index (χ3n) is 4.84. The summed E-state index contributed by atoms with van der Waals surface area (Å²) in [4.78, 5) is 5.12. The van der Waals surface area contributed by atoms with Crippen LogP contribution in [0.5, 0.6) is 0 Å². The molecule has 0 aromatic heterocycles. The van der Waals surface area contributed by atoms with Crippen molar-refractivity contribution in [1.82, 2.24) is 9.80 Å². The Balaban J connectivity index is 1.46. The molecule has 0 unspecified atom stereocenters. The van der Waals surface area contributed by atoms with E-state index in [2.05, 4.69) is 84.3 Å².